The highest BCUT2D eigenvalue weighted by Crippen LogP contribution is 2.48. The quantitative estimate of drug-likeness (QED) is 0.512. The number of rotatable bonds is 5. The van der Waals surface area contributed by atoms with E-state index in [4.69, 9.17) is 18.6 Å². The van der Waals surface area contributed by atoms with Gasteiger partial charge >= 0.3 is 5.97 Å². The first-order chi connectivity index (χ1) is 12.1. The van der Waals surface area contributed by atoms with Crippen LogP contribution in [0.2, 0.25) is 18.1 Å². The molecule has 2 aromatic rings. The molecule has 26 heavy (non-hydrogen) atoms. The van der Waals surface area contributed by atoms with Crippen LogP contribution >= 0.6 is 0 Å². The summed E-state index contributed by atoms with van der Waals surface area (Å²) in [7, 11) is -0.389. The highest BCUT2D eigenvalue weighted by Gasteiger charge is 2.50. The van der Waals surface area contributed by atoms with E-state index < -0.39 is 14.3 Å². The van der Waals surface area contributed by atoms with E-state index >= 15 is 0 Å². The molecule has 1 aliphatic heterocycles. The minimum absolute atomic E-state index is 0.0645. The molecule has 0 spiro atoms. The van der Waals surface area contributed by atoms with Crippen LogP contribution < -0.4 is 9.47 Å². The lowest BCUT2D eigenvalue weighted by molar-refractivity contribution is -0.294. The zero-order valence-electron chi connectivity index (χ0n) is 16.9. The number of benzene rings is 2. The first-order valence-electron chi connectivity index (χ1n) is 9.24. The number of methoxy groups -OCH3 is 1. The molecule has 1 aliphatic rings. The van der Waals surface area contributed by atoms with Gasteiger partial charge in [-0.05, 0) is 31.1 Å². The highest BCUT2D eigenvalue weighted by atomic mass is 28.4. The fourth-order valence-corrected chi connectivity index (χ4v) is 4.40. The Hall–Kier alpha value is -1.56. The first-order valence-corrected chi connectivity index (χ1v) is 12.1. The summed E-state index contributed by atoms with van der Waals surface area (Å²) in [5, 5.41) is 2.13. The molecule has 0 amide bonds. The summed E-state index contributed by atoms with van der Waals surface area (Å²) in [4.78, 5) is 0. The predicted octanol–water partition coefficient (Wildman–Crippen LogP) is 5.50. The van der Waals surface area contributed by atoms with Crippen molar-refractivity contribution >= 4 is 19.1 Å². The Morgan fingerprint density at radius 1 is 1.15 bits per heavy atom. The molecule has 0 aliphatic carbocycles. The molecule has 2 aromatic carbocycles. The van der Waals surface area contributed by atoms with Crippen molar-refractivity contribution in [3.63, 3.8) is 0 Å². The average molecular weight is 375 g/mol. The summed E-state index contributed by atoms with van der Waals surface area (Å²) in [5.41, 5.74) is 1.06. The van der Waals surface area contributed by atoms with Crippen molar-refractivity contribution in [2.45, 2.75) is 58.2 Å². The minimum Gasteiger partial charge on any atom is -0.496 e. The van der Waals surface area contributed by atoms with Crippen LogP contribution in [-0.4, -0.2) is 28.0 Å². The van der Waals surface area contributed by atoms with Gasteiger partial charge in [-0.15, -0.1) is 0 Å². The van der Waals surface area contributed by atoms with E-state index in [1.54, 1.807) is 7.11 Å². The maximum absolute atomic E-state index is 6.65. The zero-order valence-corrected chi connectivity index (χ0v) is 17.9. The second kappa shape index (κ2) is 6.55. The lowest BCUT2D eigenvalue weighted by Crippen LogP contribution is -2.53. The van der Waals surface area contributed by atoms with Gasteiger partial charge in [-0.2, -0.15) is 0 Å². The van der Waals surface area contributed by atoms with E-state index in [1.165, 1.54) is 0 Å². The topological polar surface area (TPSA) is 36.9 Å². The monoisotopic (exact) mass is 374 g/mol. The molecule has 142 valence electrons. The molecule has 1 unspecified atom stereocenters. The Kier molecular flexibility index (Phi) is 4.84. The van der Waals surface area contributed by atoms with Crippen LogP contribution in [0.1, 0.15) is 33.3 Å². The van der Waals surface area contributed by atoms with Crippen LogP contribution in [0, 0.1) is 0 Å². The Bertz CT molecular complexity index is 809. The molecule has 5 heteroatoms. The lowest BCUT2D eigenvalue weighted by atomic mass is 10.0. The molecular formula is C21H30O4Si. The molecule has 1 atom stereocenters. The Morgan fingerprint density at radius 3 is 2.38 bits per heavy atom. The fraction of sp³-hybridized carbons (Fsp3) is 0.524. The van der Waals surface area contributed by atoms with Crippen molar-refractivity contribution in [2.75, 3.05) is 13.7 Å². The standard InChI is InChI=1S/C21H30O4Si/c1-8-23-21(25-26(6,7)20(2,3)4)14-15-13-18(22-5)16-11-9-10-12-17(16)19(15)24-21/h9-13H,8,14H2,1-7H3. The molecule has 1 heterocycles. The Balaban J connectivity index is 2.07. The summed E-state index contributed by atoms with van der Waals surface area (Å²) >= 11 is 0. The molecule has 0 saturated carbocycles. The molecule has 3 rings (SSSR count). The molecule has 0 bridgehead atoms. The van der Waals surface area contributed by atoms with Crippen LogP contribution in [0.5, 0.6) is 11.5 Å². The van der Waals surface area contributed by atoms with Gasteiger partial charge in [0.15, 0.2) is 0 Å². The van der Waals surface area contributed by atoms with E-state index in [0.29, 0.717) is 13.0 Å². The van der Waals surface area contributed by atoms with Crippen molar-refractivity contribution in [2.24, 2.45) is 0 Å². The largest absolute Gasteiger partial charge is 0.496 e. The van der Waals surface area contributed by atoms with Crippen molar-refractivity contribution < 1.29 is 18.6 Å². The smallest absolute Gasteiger partial charge is 0.321 e. The summed E-state index contributed by atoms with van der Waals surface area (Å²) in [6, 6.07) is 10.2. The Labute approximate surface area is 157 Å². The van der Waals surface area contributed by atoms with E-state index in [-0.39, 0.29) is 5.04 Å². The maximum Gasteiger partial charge on any atom is 0.321 e. The van der Waals surface area contributed by atoms with Gasteiger partial charge in [0.05, 0.1) is 20.1 Å². The van der Waals surface area contributed by atoms with Crippen molar-refractivity contribution in [1.82, 2.24) is 0 Å². The fourth-order valence-electron chi connectivity index (χ4n) is 3.14. The highest BCUT2D eigenvalue weighted by molar-refractivity contribution is 6.74. The van der Waals surface area contributed by atoms with E-state index in [0.717, 1.165) is 27.8 Å². The van der Waals surface area contributed by atoms with Crippen LogP contribution in [0.15, 0.2) is 30.3 Å². The SMILES string of the molecule is CCOC1(O[Si](C)(C)C(C)(C)C)Cc2cc(OC)c3ccccc3c2O1. The third-order valence-corrected chi connectivity index (χ3v) is 9.93. The van der Waals surface area contributed by atoms with Crippen LogP contribution in [0.3, 0.4) is 0 Å². The van der Waals surface area contributed by atoms with E-state index in [2.05, 4.69) is 39.9 Å². The summed E-state index contributed by atoms with van der Waals surface area (Å²) < 4.78 is 24.7. The lowest BCUT2D eigenvalue weighted by Gasteiger charge is -2.42. The van der Waals surface area contributed by atoms with Crippen molar-refractivity contribution in [3.8, 4) is 11.5 Å². The second-order valence-electron chi connectivity index (χ2n) is 8.37. The Morgan fingerprint density at radius 2 is 1.81 bits per heavy atom. The molecule has 4 nitrogen and oxygen atoms in total. The zero-order chi connectivity index (χ0) is 19.2. The van der Waals surface area contributed by atoms with Gasteiger partial charge in [-0.25, -0.2) is 0 Å². The van der Waals surface area contributed by atoms with E-state index in [9.17, 15) is 0 Å². The number of hydrogen-bond acceptors (Lipinski definition) is 4. The van der Waals surface area contributed by atoms with Gasteiger partial charge in [-0.1, -0.05) is 45.0 Å². The molecular weight excluding hydrogens is 344 g/mol. The van der Waals surface area contributed by atoms with Crippen molar-refractivity contribution in [1.29, 1.82) is 0 Å². The minimum atomic E-state index is -2.09. The predicted molar refractivity (Wildman–Crippen MR) is 107 cm³/mol. The average Bonchev–Trinajstić information content (AvgIpc) is 2.90. The van der Waals surface area contributed by atoms with Crippen LogP contribution in [0.25, 0.3) is 10.8 Å². The van der Waals surface area contributed by atoms with Gasteiger partial charge in [0, 0.05) is 16.3 Å². The molecule has 0 aromatic heterocycles. The van der Waals surface area contributed by atoms with Gasteiger partial charge < -0.3 is 18.6 Å². The summed E-state index contributed by atoms with van der Waals surface area (Å²) in [6.45, 7) is 13.6. The molecule has 0 fully saturated rings. The normalized spacial score (nSPS) is 20.1. The molecule has 0 saturated heterocycles. The second-order valence-corrected chi connectivity index (χ2v) is 13.1. The maximum atomic E-state index is 6.65. The van der Waals surface area contributed by atoms with Gasteiger partial charge in [0.2, 0.25) is 8.32 Å². The third-order valence-electron chi connectivity index (χ3n) is 5.50. The number of ether oxygens (including phenoxy) is 3. The van der Waals surface area contributed by atoms with Crippen molar-refractivity contribution in [3.05, 3.63) is 35.9 Å². The van der Waals surface area contributed by atoms with Gasteiger partial charge in [-0.3, -0.25) is 0 Å². The number of hydrogen-bond donors (Lipinski definition) is 0. The first kappa shape index (κ1) is 19.2. The summed E-state index contributed by atoms with van der Waals surface area (Å²) in [6.07, 6.45) is 0.559. The van der Waals surface area contributed by atoms with Crippen LogP contribution in [-0.2, 0) is 15.6 Å². The van der Waals surface area contributed by atoms with Crippen LogP contribution in [0.4, 0.5) is 0 Å². The van der Waals surface area contributed by atoms with Gasteiger partial charge in [0.1, 0.15) is 11.5 Å². The summed E-state index contributed by atoms with van der Waals surface area (Å²) in [5.74, 6) is 0.631. The van der Waals surface area contributed by atoms with Gasteiger partial charge in [0.25, 0.3) is 0 Å². The third kappa shape index (κ3) is 3.24. The van der Waals surface area contributed by atoms with E-state index in [1.807, 2.05) is 31.2 Å². The molecule has 0 radical (unpaired) electrons. The number of fused-ring (bicyclic) bond motifs is 3. The molecule has 0 N–H and O–H groups in total.